The number of ketones is 1. The van der Waals surface area contributed by atoms with Crippen molar-refractivity contribution in [3.8, 4) is 5.75 Å². The Morgan fingerprint density at radius 1 is 1.37 bits per heavy atom. The third-order valence-corrected chi connectivity index (χ3v) is 2.73. The van der Waals surface area contributed by atoms with Crippen LogP contribution in [0, 0.1) is 0 Å². The highest BCUT2D eigenvalue weighted by atomic mass is 16.5. The minimum atomic E-state index is -1.33. The number of carboxylic acid groups (broad SMARTS) is 1. The lowest BCUT2D eigenvalue weighted by atomic mass is 10.1. The summed E-state index contributed by atoms with van der Waals surface area (Å²) in [6.45, 7) is -0.233. The fraction of sp³-hybridized carbons (Fsp3) is 0.385. The molecule has 6 nitrogen and oxygen atoms in total. The molecule has 0 unspecified atom stereocenters. The molecule has 1 atom stereocenters. The molecule has 6 heteroatoms. The Balaban J connectivity index is 2.44. The molecule has 0 amide bonds. The standard InChI is InChI=1S/C13H17NO5/c1-19-10-4-2-9(3-5-10)12(16)6-7-14-11(8-15)13(17)18/h2-5,11,14-15H,6-8H2,1H3,(H,17,18)/t11-/m1/s1. The largest absolute Gasteiger partial charge is 0.544 e. The lowest BCUT2D eigenvalue weighted by molar-refractivity contribution is -0.683. The molecule has 104 valence electrons. The highest BCUT2D eigenvalue weighted by molar-refractivity contribution is 5.96. The molecular weight excluding hydrogens is 250 g/mol. The second-order valence-corrected chi connectivity index (χ2v) is 4.03. The highest BCUT2D eigenvalue weighted by Gasteiger charge is 2.13. The summed E-state index contributed by atoms with van der Waals surface area (Å²) in [7, 11) is 1.54. The zero-order valence-corrected chi connectivity index (χ0v) is 10.7. The first-order valence-corrected chi connectivity index (χ1v) is 5.90. The van der Waals surface area contributed by atoms with Gasteiger partial charge in [-0.3, -0.25) is 4.79 Å². The fourth-order valence-electron chi connectivity index (χ4n) is 1.58. The molecular formula is C13H17NO5. The number of ether oxygens (including phenoxy) is 1. The van der Waals surface area contributed by atoms with E-state index in [4.69, 9.17) is 9.84 Å². The fourth-order valence-corrected chi connectivity index (χ4v) is 1.58. The van der Waals surface area contributed by atoms with E-state index in [1.165, 1.54) is 5.32 Å². The van der Waals surface area contributed by atoms with Crippen molar-refractivity contribution in [2.24, 2.45) is 0 Å². The number of benzene rings is 1. The molecule has 0 aliphatic carbocycles. The normalized spacial score (nSPS) is 11.9. The summed E-state index contributed by atoms with van der Waals surface area (Å²) < 4.78 is 4.98. The molecule has 0 radical (unpaired) electrons. The van der Waals surface area contributed by atoms with Gasteiger partial charge in [-0.2, -0.15) is 0 Å². The van der Waals surface area contributed by atoms with Crippen LogP contribution in [0.15, 0.2) is 24.3 Å². The molecule has 0 heterocycles. The number of methoxy groups -OCH3 is 1. The molecule has 0 bridgehead atoms. The predicted octanol–water partition coefficient (Wildman–Crippen LogP) is -2.06. The van der Waals surface area contributed by atoms with Crippen LogP contribution in [0.25, 0.3) is 0 Å². The van der Waals surface area contributed by atoms with Crippen molar-refractivity contribution in [1.82, 2.24) is 0 Å². The van der Waals surface area contributed by atoms with Gasteiger partial charge in [-0.15, -0.1) is 0 Å². The second kappa shape index (κ2) is 7.50. The number of aliphatic hydroxyl groups is 1. The van der Waals surface area contributed by atoms with Crippen LogP contribution in [0.5, 0.6) is 5.75 Å². The Morgan fingerprint density at radius 2 is 2.00 bits per heavy atom. The summed E-state index contributed by atoms with van der Waals surface area (Å²) in [6, 6.07) is 5.67. The van der Waals surface area contributed by atoms with Gasteiger partial charge in [0.05, 0.1) is 20.1 Å². The van der Waals surface area contributed by atoms with Crippen LogP contribution in [-0.2, 0) is 4.79 Å². The van der Waals surface area contributed by atoms with Gasteiger partial charge in [0.2, 0.25) is 0 Å². The molecule has 0 aromatic heterocycles. The van der Waals surface area contributed by atoms with Crippen LogP contribution in [0.3, 0.4) is 0 Å². The monoisotopic (exact) mass is 267 g/mol. The van der Waals surface area contributed by atoms with Gasteiger partial charge in [0.1, 0.15) is 24.4 Å². The molecule has 3 N–H and O–H groups in total. The number of aliphatic carboxylic acids is 1. The van der Waals surface area contributed by atoms with E-state index in [1.54, 1.807) is 31.4 Å². The molecule has 0 aliphatic heterocycles. The number of aliphatic hydroxyl groups excluding tert-OH is 1. The van der Waals surface area contributed by atoms with Gasteiger partial charge in [0, 0.05) is 5.56 Å². The van der Waals surface area contributed by atoms with E-state index in [9.17, 15) is 14.7 Å². The number of carbonyl (C=O) groups is 2. The van der Waals surface area contributed by atoms with Gasteiger partial charge >= 0.3 is 0 Å². The summed E-state index contributed by atoms with van der Waals surface area (Å²) in [5, 5.41) is 20.7. The predicted molar refractivity (Wildman–Crippen MR) is 64.6 cm³/mol. The van der Waals surface area contributed by atoms with Gasteiger partial charge in [-0.1, -0.05) is 0 Å². The molecule has 1 rings (SSSR count). The number of hydrogen-bond donors (Lipinski definition) is 2. The van der Waals surface area contributed by atoms with E-state index in [0.29, 0.717) is 11.3 Å². The van der Waals surface area contributed by atoms with E-state index in [0.717, 1.165) is 0 Å². The van der Waals surface area contributed by atoms with Crippen LogP contribution in [-0.4, -0.2) is 43.2 Å². The molecule has 0 aliphatic rings. The Kier molecular flexibility index (Phi) is 5.98. The first-order valence-electron chi connectivity index (χ1n) is 5.90. The zero-order chi connectivity index (χ0) is 14.3. The number of hydrogen-bond acceptors (Lipinski definition) is 5. The molecule has 0 saturated heterocycles. The highest BCUT2D eigenvalue weighted by Crippen LogP contribution is 2.12. The number of carboxylic acids is 1. The smallest absolute Gasteiger partial charge is 0.168 e. The third kappa shape index (κ3) is 4.69. The van der Waals surface area contributed by atoms with Crippen molar-refractivity contribution in [3.63, 3.8) is 0 Å². The second-order valence-electron chi connectivity index (χ2n) is 4.03. The zero-order valence-electron chi connectivity index (χ0n) is 10.7. The van der Waals surface area contributed by atoms with Gasteiger partial charge in [0.15, 0.2) is 5.78 Å². The van der Waals surface area contributed by atoms with Crippen LogP contribution in [0.1, 0.15) is 16.8 Å². The number of Topliss-reactive ketones (excluding diaryl/α,β-unsaturated/α-hetero) is 1. The van der Waals surface area contributed by atoms with Gasteiger partial charge in [-0.05, 0) is 24.3 Å². The van der Waals surface area contributed by atoms with Crippen LogP contribution in [0.2, 0.25) is 0 Å². The maximum absolute atomic E-state index is 11.8. The first-order chi connectivity index (χ1) is 9.08. The summed E-state index contributed by atoms with van der Waals surface area (Å²) in [6.07, 6.45) is 0.191. The van der Waals surface area contributed by atoms with E-state index >= 15 is 0 Å². The van der Waals surface area contributed by atoms with E-state index in [-0.39, 0.29) is 18.7 Å². The lowest BCUT2D eigenvalue weighted by Gasteiger charge is -2.13. The Morgan fingerprint density at radius 3 is 2.47 bits per heavy atom. The van der Waals surface area contributed by atoms with Crippen molar-refractivity contribution in [2.75, 3.05) is 20.3 Å². The van der Waals surface area contributed by atoms with Crippen LogP contribution in [0.4, 0.5) is 0 Å². The SMILES string of the molecule is COc1ccc(C(=O)CC[NH2+][C@H](CO)C(=O)[O-])cc1. The maximum atomic E-state index is 11.8. The Bertz CT molecular complexity index is 429. The van der Waals surface area contributed by atoms with Crippen molar-refractivity contribution in [1.29, 1.82) is 0 Å². The minimum absolute atomic E-state index is 0.0889. The molecule has 0 saturated carbocycles. The van der Waals surface area contributed by atoms with Crippen molar-refractivity contribution in [3.05, 3.63) is 29.8 Å². The topological polar surface area (TPSA) is 103 Å². The Labute approximate surface area is 111 Å². The average molecular weight is 267 g/mol. The van der Waals surface area contributed by atoms with Crippen molar-refractivity contribution < 1.29 is 29.9 Å². The number of rotatable bonds is 8. The van der Waals surface area contributed by atoms with E-state index in [2.05, 4.69) is 0 Å². The summed E-state index contributed by atoms with van der Waals surface area (Å²) >= 11 is 0. The number of carbonyl (C=O) groups excluding carboxylic acids is 2. The number of nitrogens with two attached hydrogens (primary N) is 1. The van der Waals surface area contributed by atoms with Crippen LogP contribution >= 0.6 is 0 Å². The quantitative estimate of drug-likeness (QED) is 0.527. The molecule has 0 fully saturated rings. The van der Waals surface area contributed by atoms with Crippen molar-refractivity contribution in [2.45, 2.75) is 12.5 Å². The summed E-state index contributed by atoms with van der Waals surface area (Å²) in [4.78, 5) is 22.3. The molecule has 19 heavy (non-hydrogen) atoms. The van der Waals surface area contributed by atoms with Gasteiger partial charge < -0.3 is 25.1 Å². The molecule has 0 spiro atoms. The summed E-state index contributed by atoms with van der Waals surface area (Å²) in [5.74, 6) is -0.756. The summed E-state index contributed by atoms with van der Waals surface area (Å²) in [5.41, 5.74) is 0.545. The average Bonchev–Trinajstić information content (AvgIpc) is 2.43. The van der Waals surface area contributed by atoms with Gasteiger partial charge in [-0.25, -0.2) is 0 Å². The van der Waals surface area contributed by atoms with Gasteiger partial charge in [0.25, 0.3) is 0 Å². The lowest BCUT2D eigenvalue weighted by Crippen LogP contribution is -2.94. The van der Waals surface area contributed by atoms with Crippen LogP contribution < -0.4 is 15.2 Å². The van der Waals surface area contributed by atoms with E-state index < -0.39 is 18.6 Å². The molecule has 1 aromatic carbocycles. The van der Waals surface area contributed by atoms with Crippen molar-refractivity contribution >= 4 is 11.8 Å². The van der Waals surface area contributed by atoms with E-state index in [1.807, 2.05) is 0 Å². The first kappa shape index (κ1) is 15.1. The number of quaternary nitrogens is 1. The Hall–Kier alpha value is -1.92. The molecule has 1 aromatic rings. The third-order valence-electron chi connectivity index (χ3n) is 2.73. The minimum Gasteiger partial charge on any atom is -0.544 e. The maximum Gasteiger partial charge on any atom is 0.168 e.